The highest BCUT2D eigenvalue weighted by Gasteiger charge is 2.19. The second-order valence-corrected chi connectivity index (χ2v) is 8.41. The van der Waals surface area contributed by atoms with E-state index < -0.39 is 0 Å². The van der Waals surface area contributed by atoms with E-state index in [1.807, 2.05) is 11.3 Å². The number of thiazole rings is 1. The Morgan fingerprint density at radius 2 is 2.23 bits per heavy atom. The Morgan fingerprint density at radius 3 is 3.08 bits per heavy atom. The molecular formula is C19H27N5OS. The molecule has 0 spiro atoms. The van der Waals surface area contributed by atoms with Crippen molar-refractivity contribution in [3.8, 4) is 0 Å². The molecule has 3 heterocycles. The van der Waals surface area contributed by atoms with Gasteiger partial charge in [-0.05, 0) is 39.2 Å². The third-order valence-electron chi connectivity index (χ3n) is 5.13. The number of fused-ring (bicyclic) bond motifs is 1. The van der Waals surface area contributed by atoms with Crippen LogP contribution in [0, 0.1) is 0 Å². The number of ether oxygens (including phenoxy) is 1. The van der Waals surface area contributed by atoms with Crippen LogP contribution in [0.15, 0.2) is 12.4 Å². The molecule has 26 heavy (non-hydrogen) atoms. The van der Waals surface area contributed by atoms with Crippen LogP contribution >= 0.6 is 11.3 Å². The molecule has 0 bridgehead atoms. The first-order valence-electron chi connectivity index (χ1n) is 9.57. The molecule has 1 N–H and O–H groups in total. The number of aromatic nitrogens is 3. The maximum Gasteiger partial charge on any atom is 0.129 e. The molecule has 0 radical (unpaired) electrons. The van der Waals surface area contributed by atoms with E-state index in [-0.39, 0.29) is 0 Å². The van der Waals surface area contributed by atoms with Crippen molar-refractivity contribution in [2.45, 2.75) is 44.6 Å². The Morgan fingerprint density at radius 1 is 1.31 bits per heavy atom. The normalized spacial score (nSPS) is 19.7. The van der Waals surface area contributed by atoms with Gasteiger partial charge in [-0.2, -0.15) is 0 Å². The first-order chi connectivity index (χ1) is 12.8. The van der Waals surface area contributed by atoms with Gasteiger partial charge in [-0.1, -0.05) is 0 Å². The van der Waals surface area contributed by atoms with Crippen molar-refractivity contribution >= 4 is 17.2 Å². The van der Waals surface area contributed by atoms with E-state index in [0.29, 0.717) is 5.92 Å². The number of nitrogens with one attached hydrogen (secondary N) is 1. The Balaban J connectivity index is 1.25. The Labute approximate surface area is 159 Å². The molecule has 1 saturated heterocycles. The van der Waals surface area contributed by atoms with Crippen LogP contribution in [-0.2, 0) is 24.1 Å². The lowest BCUT2D eigenvalue weighted by Gasteiger charge is -2.16. The summed E-state index contributed by atoms with van der Waals surface area (Å²) < 4.78 is 5.46. The van der Waals surface area contributed by atoms with Gasteiger partial charge < -0.3 is 10.1 Å². The number of nitrogens with zero attached hydrogens (tertiary/aromatic N) is 4. The predicted molar refractivity (Wildman–Crippen MR) is 104 cm³/mol. The van der Waals surface area contributed by atoms with Crippen LogP contribution in [0.4, 0.5) is 5.82 Å². The van der Waals surface area contributed by atoms with E-state index in [1.54, 1.807) is 6.33 Å². The standard InChI is InChI=1S/C19H27N5OS/c1-24(11-19-23-15-4-2-3-5-17(15)26-19)8-7-20-18-10-16(21-13-22-18)14-6-9-25-12-14/h10,13-14H,2-9,11-12H2,1H3,(H,20,21,22). The molecule has 1 aliphatic heterocycles. The van der Waals surface area contributed by atoms with Crippen molar-refractivity contribution in [1.29, 1.82) is 0 Å². The van der Waals surface area contributed by atoms with Crippen LogP contribution < -0.4 is 5.32 Å². The van der Waals surface area contributed by atoms with Gasteiger partial charge in [0, 0.05) is 36.6 Å². The number of hydrogen-bond acceptors (Lipinski definition) is 7. The van der Waals surface area contributed by atoms with Crippen molar-refractivity contribution in [3.05, 3.63) is 33.7 Å². The summed E-state index contributed by atoms with van der Waals surface area (Å²) in [6.07, 6.45) is 7.71. The van der Waals surface area contributed by atoms with Crippen molar-refractivity contribution in [3.63, 3.8) is 0 Å². The second kappa shape index (κ2) is 8.41. The van der Waals surface area contributed by atoms with E-state index in [2.05, 4.69) is 33.3 Å². The molecule has 1 fully saturated rings. The molecule has 1 atom stereocenters. The third-order valence-corrected chi connectivity index (χ3v) is 6.27. The minimum absolute atomic E-state index is 0.414. The summed E-state index contributed by atoms with van der Waals surface area (Å²) >= 11 is 1.90. The van der Waals surface area contributed by atoms with Crippen molar-refractivity contribution < 1.29 is 4.74 Å². The van der Waals surface area contributed by atoms with E-state index in [9.17, 15) is 0 Å². The largest absolute Gasteiger partial charge is 0.381 e. The smallest absolute Gasteiger partial charge is 0.129 e. The lowest BCUT2D eigenvalue weighted by atomic mass is 10.0. The van der Waals surface area contributed by atoms with E-state index >= 15 is 0 Å². The van der Waals surface area contributed by atoms with E-state index in [0.717, 1.165) is 50.8 Å². The zero-order chi connectivity index (χ0) is 17.8. The summed E-state index contributed by atoms with van der Waals surface area (Å²) in [5, 5.41) is 4.68. The fourth-order valence-corrected chi connectivity index (χ4v) is 4.86. The van der Waals surface area contributed by atoms with Crippen LogP contribution in [0.5, 0.6) is 0 Å². The van der Waals surface area contributed by atoms with Gasteiger partial charge in [-0.3, -0.25) is 4.90 Å². The summed E-state index contributed by atoms with van der Waals surface area (Å²) in [6, 6.07) is 2.06. The van der Waals surface area contributed by atoms with Gasteiger partial charge >= 0.3 is 0 Å². The third kappa shape index (κ3) is 4.39. The monoisotopic (exact) mass is 373 g/mol. The molecule has 1 aliphatic carbocycles. The average molecular weight is 374 g/mol. The number of anilines is 1. The molecule has 0 saturated carbocycles. The summed E-state index contributed by atoms with van der Waals surface area (Å²) in [5.41, 5.74) is 2.44. The molecule has 1 unspecified atom stereocenters. The highest BCUT2D eigenvalue weighted by molar-refractivity contribution is 7.11. The molecule has 0 amide bonds. The van der Waals surface area contributed by atoms with Crippen molar-refractivity contribution in [2.24, 2.45) is 0 Å². The van der Waals surface area contributed by atoms with Gasteiger partial charge in [0.1, 0.15) is 17.2 Å². The van der Waals surface area contributed by atoms with Crippen molar-refractivity contribution in [1.82, 2.24) is 19.9 Å². The predicted octanol–water partition coefficient (Wildman–Crippen LogP) is 2.86. The average Bonchev–Trinajstić information content (AvgIpc) is 3.31. The topological polar surface area (TPSA) is 63.2 Å². The first kappa shape index (κ1) is 17.8. The minimum Gasteiger partial charge on any atom is -0.381 e. The SMILES string of the molecule is CN(CCNc1cc(C2CCOC2)ncn1)Cc1nc2c(s1)CCCC2. The highest BCUT2D eigenvalue weighted by Crippen LogP contribution is 2.27. The van der Waals surface area contributed by atoms with Crippen molar-refractivity contribution in [2.75, 3.05) is 38.7 Å². The number of rotatable bonds is 7. The van der Waals surface area contributed by atoms with Gasteiger partial charge in [-0.15, -0.1) is 11.3 Å². The second-order valence-electron chi connectivity index (χ2n) is 7.24. The molecule has 2 aliphatic rings. The van der Waals surface area contributed by atoms with Crippen LogP contribution in [0.3, 0.4) is 0 Å². The minimum atomic E-state index is 0.414. The molecule has 0 aromatic carbocycles. The Hall–Kier alpha value is -1.57. The van der Waals surface area contributed by atoms with Gasteiger partial charge in [0.05, 0.1) is 24.5 Å². The summed E-state index contributed by atoms with van der Waals surface area (Å²) in [6.45, 7) is 4.35. The van der Waals surface area contributed by atoms with Gasteiger partial charge in [0.15, 0.2) is 0 Å². The van der Waals surface area contributed by atoms with Crippen LogP contribution in [0.1, 0.15) is 46.5 Å². The molecule has 140 valence electrons. The quantitative estimate of drug-likeness (QED) is 0.805. The van der Waals surface area contributed by atoms with E-state index in [4.69, 9.17) is 9.72 Å². The Bertz CT molecular complexity index is 705. The summed E-state index contributed by atoms with van der Waals surface area (Å²) in [5.74, 6) is 1.32. The fourth-order valence-electron chi connectivity index (χ4n) is 3.62. The molecule has 7 heteroatoms. The first-order valence-corrected chi connectivity index (χ1v) is 10.4. The number of hydrogen-bond donors (Lipinski definition) is 1. The van der Waals surface area contributed by atoms with Gasteiger partial charge in [-0.25, -0.2) is 15.0 Å². The molecule has 2 aromatic heterocycles. The van der Waals surface area contributed by atoms with Gasteiger partial charge in [0.25, 0.3) is 0 Å². The molecule has 2 aromatic rings. The highest BCUT2D eigenvalue weighted by atomic mass is 32.1. The fraction of sp³-hybridized carbons (Fsp3) is 0.632. The number of likely N-dealkylation sites (N-methyl/N-ethyl adjacent to an activating group) is 1. The molecule has 6 nitrogen and oxygen atoms in total. The lowest BCUT2D eigenvalue weighted by molar-refractivity contribution is 0.193. The molecular weight excluding hydrogens is 346 g/mol. The summed E-state index contributed by atoms with van der Waals surface area (Å²) in [4.78, 5) is 17.4. The van der Waals surface area contributed by atoms with Crippen LogP contribution in [0.25, 0.3) is 0 Å². The maximum atomic E-state index is 5.46. The van der Waals surface area contributed by atoms with E-state index in [1.165, 1.54) is 41.3 Å². The Kier molecular flexibility index (Phi) is 5.77. The lowest BCUT2D eigenvalue weighted by Crippen LogP contribution is -2.25. The van der Waals surface area contributed by atoms with Crippen LogP contribution in [-0.4, -0.2) is 53.2 Å². The maximum absolute atomic E-state index is 5.46. The number of aryl methyl sites for hydroxylation is 2. The summed E-state index contributed by atoms with van der Waals surface area (Å²) in [7, 11) is 2.16. The zero-order valence-electron chi connectivity index (χ0n) is 15.4. The van der Waals surface area contributed by atoms with Crippen LogP contribution in [0.2, 0.25) is 0 Å². The van der Waals surface area contributed by atoms with Gasteiger partial charge in [0.2, 0.25) is 0 Å². The zero-order valence-corrected chi connectivity index (χ0v) is 16.2. The molecule has 4 rings (SSSR count).